The third kappa shape index (κ3) is 4.45. The van der Waals surface area contributed by atoms with Crippen LogP contribution >= 0.6 is 11.6 Å². The highest BCUT2D eigenvalue weighted by molar-refractivity contribution is 6.32. The summed E-state index contributed by atoms with van der Waals surface area (Å²) in [5.74, 6) is -0.714. The molecule has 0 atom stereocenters. The van der Waals surface area contributed by atoms with E-state index in [0.717, 1.165) is 11.3 Å². The molecule has 0 saturated carbocycles. The lowest BCUT2D eigenvalue weighted by Gasteiger charge is -2.36. The molecule has 3 rings (SSSR count). The van der Waals surface area contributed by atoms with Gasteiger partial charge in [0.15, 0.2) is 0 Å². The van der Waals surface area contributed by atoms with E-state index in [9.17, 15) is 9.59 Å². The van der Waals surface area contributed by atoms with Gasteiger partial charge in [-0.1, -0.05) is 29.8 Å². The molecule has 0 aliphatic carbocycles. The standard InChI is InChI=1S/C19H19ClN4O3/c20-18-15(5-3-9-21-18)19(26)24-12-10-23(11-13-24)16-6-2-1-4-14(16)7-8-17(25)22-27/h1-9,27H,10-13H2,(H,22,25)/b8-7+. The molecule has 2 amide bonds. The Morgan fingerprint density at radius 2 is 1.85 bits per heavy atom. The molecule has 2 N–H and O–H groups in total. The number of nitrogens with one attached hydrogen (secondary N) is 1. The maximum atomic E-state index is 12.6. The van der Waals surface area contributed by atoms with Crippen LogP contribution in [0.5, 0.6) is 0 Å². The third-order valence-corrected chi connectivity index (χ3v) is 4.66. The Bertz CT molecular complexity index is 864. The van der Waals surface area contributed by atoms with E-state index in [-0.39, 0.29) is 11.1 Å². The molecule has 7 nitrogen and oxygen atoms in total. The second kappa shape index (κ2) is 8.66. The van der Waals surface area contributed by atoms with Crippen LogP contribution in [-0.4, -0.2) is 53.1 Å². The lowest BCUT2D eigenvalue weighted by Crippen LogP contribution is -2.49. The third-order valence-electron chi connectivity index (χ3n) is 4.36. The molecule has 2 heterocycles. The molecular weight excluding hydrogens is 368 g/mol. The van der Waals surface area contributed by atoms with Crippen LogP contribution < -0.4 is 10.4 Å². The summed E-state index contributed by atoms with van der Waals surface area (Å²) in [4.78, 5) is 31.8. The van der Waals surface area contributed by atoms with Crippen molar-refractivity contribution < 1.29 is 14.8 Å². The van der Waals surface area contributed by atoms with Crippen LogP contribution in [0.4, 0.5) is 5.69 Å². The normalized spacial score (nSPS) is 14.4. The fraction of sp³-hybridized carbons (Fsp3) is 0.211. The zero-order valence-corrected chi connectivity index (χ0v) is 15.3. The molecule has 1 aromatic heterocycles. The van der Waals surface area contributed by atoms with E-state index >= 15 is 0 Å². The van der Waals surface area contributed by atoms with E-state index in [1.807, 2.05) is 24.3 Å². The average molecular weight is 387 g/mol. The van der Waals surface area contributed by atoms with Crippen molar-refractivity contribution in [1.29, 1.82) is 0 Å². The summed E-state index contributed by atoms with van der Waals surface area (Å²) in [7, 11) is 0. The van der Waals surface area contributed by atoms with Crippen LogP contribution in [0.1, 0.15) is 15.9 Å². The van der Waals surface area contributed by atoms with Crippen LogP contribution in [0.15, 0.2) is 48.7 Å². The van der Waals surface area contributed by atoms with E-state index in [1.165, 1.54) is 6.08 Å². The van der Waals surface area contributed by atoms with Crippen molar-refractivity contribution in [1.82, 2.24) is 15.4 Å². The number of para-hydroxylation sites is 1. The molecule has 27 heavy (non-hydrogen) atoms. The van der Waals surface area contributed by atoms with Crippen molar-refractivity contribution in [3.05, 3.63) is 65.0 Å². The van der Waals surface area contributed by atoms with E-state index in [0.29, 0.717) is 31.7 Å². The summed E-state index contributed by atoms with van der Waals surface area (Å²) in [5.41, 5.74) is 3.80. The van der Waals surface area contributed by atoms with Crippen LogP contribution in [-0.2, 0) is 4.79 Å². The number of aromatic nitrogens is 1. The summed E-state index contributed by atoms with van der Waals surface area (Å²) in [5, 5.41) is 8.82. The highest BCUT2D eigenvalue weighted by atomic mass is 35.5. The van der Waals surface area contributed by atoms with Gasteiger partial charge in [-0.05, 0) is 29.8 Å². The van der Waals surface area contributed by atoms with Gasteiger partial charge in [-0.3, -0.25) is 14.8 Å². The maximum Gasteiger partial charge on any atom is 0.267 e. The molecule has 1 saturated heterocycles. The highest BCUT2D eigenvalue weighted by Crippen LogP contribution is 2.24. The number of hydrogen-bond acceptors (Lipinski definition) is 5. The number of hydroxylamine groups is 1. The van der Waals surface area contributed by atoms with Gasteiger partial charge in [-0.15, -0.1) is 0 Å². The first-order valence-corrected chi connectivity index (χ1v) is 8.84. The van der Waals surface area contributed by atoms with Gasteiger partial charge in [-0.25, -0.2) is 10.5 Å². The van der Waals surface area contributed by atoms with Gasteiger partial charge < -0.3 is 9.80 Å². The summed E-state index contributed by atoms with van der Waals surface area (Å²) >= 11 is 6.03. The number of carbonyl (C=O) groups is 2. The molecule has 1 aliphatic rings. The minimum atomic E-state index is -0.589. The van der Waals surface area contributed by atoms with E-state index < -0.39 is 5.91 Å². The first-order valence-electron chi connectivity index (χ1n) is 8.46. The number of carbonyl (C=O) groups excluding carboxylic acids is 2. The molecular formula is C19H19ClN4O3. The first-order chi connectivity index (χ1) is 13.1. The molecule has 1 fully saturated rings. The number of anilines is 1. The largest absolute Gasteiger partial charge is 0.367 e. The van der Waals surface area contributed by atoms with E-state index in [4.69, 9.17) is 16.8 Å². The predicted molar refractivity (Wildman–Crippen MR) is 103 cm³/mol. The maximum absolute atomic E-state index is 12.6. The molecule has 1 aromatic carbocycles. The molecule has 140 valence electrons. The van der Waals surface area contributed by atoms with E-state index in [1.54, 1.807) is 34.8 Å². The minimum absolute atomic E-state index is 0.124. The fourth-order valence-corrected chi connectivity index (χ4v) is 3.19. The van der Waals surface area contributed by atoms with Crippen LogP contribution in [0.2, 0.25) is 5.15 Å². The lowest BCUT2D eigenvalue weighted by atomic mass is 10.1. The SMILES string of the molecule is O=C(/C=C/c1ccccc1N1CCN(C(=O)c2cccnc2Cl)CC1)NO. The fourth-order valence-electron chi connectivity index (χ4n) is 2.99. The molecule has 0 radical (unpaired) electrons. The van der Waals surface area contributed by atoms with Crippen molar-refractivity contribution in [2.24, 2.45) is 0 Å². The molecule has 0 bridgehead atoms. The Balaban J connectivity index is 1.70. The summed E-state index contributed by atoms with van der Waals surface area (Å²) in [6.07, 6.45) is 4.47. The van der Waals surface area contributed by atoms with Crippen molar-refractivity contribution in [3.8, 4) is 0 Å². The monoisotopic (exact) mass is 386 g/mol. The number of rotatable bonds is 4. The summed E-state index contributed by atoms with van der Waals surface area (Å²) < 4.78 is 0. The molecule has 1 aliphatic heterocycles. The van der Waals surface area contributed by atoms with Crippen molar-refractivity contribution in [2.75, 3.05) is 31.1 Å². The van der Waals surface area contributed by atoms with E-state index in [2.05, 4.69) is 9.88 Å². The second-order valence-corrected chi connectivity index (χ2v) is 6.35. The molecule has 2 aromatic rings. The smallest absolute Gasteiger partial charge is 0.267 e. The van der Waals surface area contributed by atoms with Gasteiger partial charge in [0.2, 0.25) is 0 Å². The predicted octanol–water partition coefficient (Wildman–Crippen LogP) is 2.22. The Morgan fingerprint density at radius 1 is 1.11 bits per heavy atom. The van der Waals surface area contributed by atoms with Gasteiger partial charge in [0, 0.05) is 44.1 Å². The van der Waals surface area contributed by atoms with Crippen molar-refractivity contribution in [2.45, 2.75) is 0 Å². The van der Waals surface area contributed by atoms with Gasteiger partial charge in [0.1, 0.15) is 5.15 Å². The van der Waals surface area contributed by atoms with Crippen molar-refractivity contribution in [3.63, 3.8) is 0 Å². The van der Waals surface area contributed by atoms with Crippen LogP contribution in [0.3, 0.4) is 0 Å². The Hall–Kier alpha value is -2.90. The quantitative estimate of drug-likeness (QED) is 0.364. The van der Waals surface area contributed by atoms with Gasteiger partial charge in [0.25, 0.3) is 11.8 Å². The molecule has 0 unspecified atom stereocenters. The number of halogens is 1. The average Bonchev–Trinajstić information content (AvgIpc) is 2.72. The first kappa shape index (κ1) is 18.9. The summed E-state index contributed by atoms with van der Waals surface area (Å²) in [6.45, 7) is 2.42. The highest BCUT2D eigenvalue weighted by Gasteiger charge is 2.24. The van der Waals surface area contributed by atoms with Crippen LogP contribution in [0, 0.1) is 0 Å². The van der Waals surface area contributed by atoms with Gasteiger partial charge in [0.05, 0.1) is 5.56 Å². The van der Waals surface area contributed by atoms with Crippen LogP contribution in [0.25, 0.3) is 6.08 Å². The number of piperazine rings is 1. The number of nitrogens with zero attached hydrogens (tertiary/aromatic N) is 3. The Labute approximate surface area is 161 Å². The van der Waals surface area contributed by atoms with Crippen molar-refractivity contribution >= 4 is 35.2 Å². The number of amides is 2. The summed E-state index contributed by atoms with van der Waals surface area (Å²) in [6, 6.07) is 11.0. The van der Waals surface area contributed by atoms with Gasteiger partial charge >= 0.3 is 0 Å². The Morgan fingerprint density at radius 3 is 2.56 bits per heavy atom. The number of benzene rings is 1. The number of pyridine rings is 1. The zero-order chi connectivity index (χ0) is 19.2. The topological polar surface area (TPSA) is 85.8 Å². The van der Waals surface area contributed by atoms with Gasteiger partial charge in [-0.2, -0.15) is 0 Å². The number of hydrogen-bond donors (Lipinski definition) is 2. The molecule has 8 heteroatoms. The lowest BCUT2D eigenvalue weighted by molar-refractivity contribution is -0.124. The second-order valence-electron chi connectivity index (χ2n) is 5.99. The Kier molecular flexibility index (Phi) is 6.05. The zero-order valence-electron chi connectivity index (χ0n) is 14.5. The molecule has 0 spiro atoms. The minimum Gasteiger partial charge on any atom is -0.367 e.